The molecule has 4 aromatic rings. The molecule has 3 N–H and O–H groups in total. The monoisotopic (exact) mass is 586 g/mol. The van der Waals surface area contributed by atoms with E-state index in [1.54, 1.807) is 45.3 Å². The lowest BCUT2D eigenvalue weighted by Gasteiger charge is -2.27. The van der Waals surface area contributed by atoms with Gasteiger partial charge in [-0.25, -0.2) is 8.42 Å². The number of aromatic nitrogens is 1. The molecule has 218 valence electrons. The zero-order chi connectivity index (χ0) is 30.0. The van der Waals surface area contributed by atoms with Gasteiger partial charge in [0.15, 0.2) is 9.84 Å². The number of carbonyl (C=O) groups excluding carboxylic acids is 2. The van der Waals surface area contributed by atoms with Crippen molar-refractivity contribution in [1.29, 1.82) is 0 Å². The number of hydrogen-bond acceptors (Lipinski definition) is 6. The fraction of sp³-hybridized carbons (Fsp3) is 0.281. The second-order valence-electron chi connectivity index (χ2n) is 10.9. The van der Waals surface area contributed by atoms with E-state index >= 15 is 0 Å². The average molecular weight is 587 g/mol. The van der Waals surface area contributed by atoms with Crippen molar-refractivity contribution in [2.45, 2.75) is 55.8 Å². The van der Waals surface area contributed by atoms with Crippen molar-refractivity contribution in [3.8, 4) is 0 Å². The zero-order valence-electron chi connectivity index (χ0n) is 23.8. The number of nitrogens with one attached hydrogen (secondary N) is 3. The van der Waals surface area contributed by atoms with Crippen LogP contribution in [0.3, 0.4) is 0 Å². The van der Waals surface area contributed by atoms with Crippen LogP contribution < -0.4 is 16.2 Å². The number of H-pyrrole nitrogens is 1. The van der Waals surface area contributed by atoms with Gasteiger partial charge in [0.1, 0.15) is 6.04 Å². The molecule has 2 amide bonds. The lowest BCUT2D eigenvalue weighted by atomic mass is 10.00. The third-order valence-corrected chi connectivity index (χ3v) is 9.82. The SMILES string of the molecule is CC(C)S(=O)(=O)c1ccc2cc1CN(C)C(=O)[C@H](Nc1ccc3cc[nH]c(=O)c3c1)c1ccc(cc1)CCCC(=O)N2. The zero-order valence-corrected chi connectivity index (χ0v) is 24.6. The van der Waals surface area contributed by atoms with E-state index in [9.17, 15) is 22.8 Å². The van der Waals surface area contributed by atoms with Gasteiger partial charge < -0.3 is 20.5 Å². The summed E-state index contributed by atoms with van der Waals surface area (Å²) >= 11 is 0. The average Bonchev–Trinajstić information content (AvgIpc) is 2.96. The molecule has 1 aromatic heterocycles. The second-order valence-corrected chi connectivity index (χ2v) is 13.4. The Labute approximate surface area is 244 Å². The van der Waals surface area contributed by atoms with Crippen molar-refractivity contribution in [2.75, 3.05) is 17.7 Å². The van der Waals surface area contributed by atoms with Gasteiger partial charge >= 0.3 is 0 Å². The number of fused-ring (bicyclic) bond motifs is 10. The minimum Gasteiger partial charge on any atom is -0.370 e. The van der Waals surface area contributed by atoms with Crippen LogP contribution in [0, 0.1) is 0 Å². The molecule has 9 nitrogen and oxygen atoms in total. The fourth-order valence-corrected chi connectivity index (χ4v) is 6.40. The maximum absolute atomic E-state index is 14.1. The fourth-order valence-electron chi connectivity index (χ4n) is 5.15. The summed E-state index contributed by atoms with van der Waals surface area (Å²) in [6, 6.07) is 18.7. The maximum atomic E-state index is 14.1. The number of benzene rings is 3. The number of hydrogen-bond donors (Lipinski definition) is 3. The molecule has 0 saturated carbocycles. The summed E-state index contributed by atoms with van der Waals surface area (Å²) in [5.41, 5.74) is 3.01. The number of aryl methyl sites for hydroxylation is 1. The Kier molecular flexibility index (Phi) is 8.17. The molecule has 0 radical (unpaired) electrons. The Morgan fingerprint density at radius 1 is 0.929 bits per heavy atom. The van der Waals surface area contributed by atoms with Crippen molar-refractivity contribution in [3.63, 3.8) is 0 Å². The molecule has 0 unspecified atom stereocenters. The van der Waals surface area contributed by atoms with Gasteiger partial charge in [0.2, 0.25) is 11.8 Å². The van der Waals surface area contributed by atoms with Crippen molar-refractivity contribution in [1.82, 2.24) is 9.88 Å². The summed E-state index contributed by atoms with van der Waals surface area (Å²) in [7, 11) is -2.05. The van der Waals surface area contributed by atoms with E-state index in [4.69, 9.17) is 0 Å². The van der Waals surface area contributed by atoms with Crippen LogP contribution in [0.2, 0.25) is 0 Å². The molecule has 0 spiro atoms. The van der Waals surface area contributed by atoms with Gasteiger partial charge in [0, 0.05) is 43.0 Å². The van der Waals surface area contributed by atoms with Crippen molar-refractivity contribution in [2.24, 2.45) is 0 Å². The molecule has 0 fully saturated rings. The van der Waals surface area contributed by atoms with E-state index in [1.807, 2.05) is 42.5 Å². The molecule has 1 atom stereocenters. The van der Waals surface area contributed by atoms with Crippen LogP contribution in [0.25, 0.3) is 10.8 Å². The first kappa shape index (κ1) is 29.1. The molecule has 10 heteroatoms. The Hall–Kier alpha value is -4.44. The van der Waals surface area contributed by atoms with Crippen LogP contribution in [0.5, 0.6) is 0 Å². The molecule has 6 rings (SSSR count). The maximum Gasteiger partial charge on any atom is 0.255 e. The molecule has 42 heavy (non-hydrogen) atoms. The summed E-state index contributed by atoms with van der Waals surface area (Å²) in [5.74, 6) is -0.453. The van der Waals surface area contributed by atoms with E-state index < -0.39 is 21.1 Å². The topological polar surface area (TPSA) is 128 Å². The molecule has 2 aliphatic rings. The molecule has 2 aliphatic heterocycles. The van der Waals surface area contributed by atoms with Crippen LogP contribution in [0.15, 0.2) is 82.6 Å². The molecule has 3 aromatic carbocycles. The summed E-state index contributed by atoms with van der Waals surface area (Å²) in [6.07, 6.45) is 3.22. The predicted octanol–water partition coefficient (Wildman–Crippen LogP) is 4.80. The standard InChI is InChI=1S/C32H34N4O5S/c1-20(2)42(40,41)28-14-13-25-17-24(28)19-36(3)32(39)30(23-9-7-21(8-10-23)5-4-6-29(37)34-25)35-26-12-11-22-15-16-33-31(38)27(22)18-26/h7-18,20,30,35H,4-6,19H2,1-3H3,(H,33,38)(H,34,37)/t30-/m1/s1. The highest BCUT2D eigenvalue weighted by Gasteiger charge is 2.28. The van der Waals surface area contributed by atoms with Gasteiger partial charge in [0.05, 0.1) is 10.1 Å². The number of sulfone groups is 1. The van der Waals surface area contributed by atoms with Crippen LogP contribution in [-0.4, -0.2) is 42.4 Å². The van der Waals surface area contributed by atoms with Gasteiger partial charge in [-0.1, -0.05) is 30.3 Å². The normalized spacial score (nSPS) is 16.6. The molecule has 0 aliphatic carbocycles. The van der Waals surface area contributed by atoms with E-state index in [1.165, 1.54) is 11.0 Å². The number of carbonyl (C=O) groups is 2. The Morgan fingerprint density at radius 2 is 1.69 bits per heavy atom. The number of likely N-dealkylation sites (N-methyl/N-ethyl adjacent to an activating group) is 1. The third kappa shape index (κ3) is 6.08. The highest BCUT2D eigenvalue weighted by Crippen LogP contribution is 2.29. The summed E-state index contributed by atoms with van der Waals surface area (Å²) in [6.45, 7) is 3.22. The van der Waals surface area contributed by atoms with Gasteiger partial charge in [-0.05, 0) is 85.2 Å². The van der Waals surface area contributed by atoms with E-state index in [0.29, 0.717) is 47.2 Å². The van der Waals surface area contributed by atoms with Crippen molar-refractivity contribution in [3.05, 3.63) is 100.0 Å². The van der Waals surface area contributed by atoms with Crippen molar-refractivity contribution < 1.29 is 18.0 Å². The molecule has 4 bridgehead atoms. The number of aromatic amines is 1. The summed E-state index contributed by atoms with van der Waals surface area (Å²) < 4.78 is 26.5. The van der Waals surface area contributed by atoms with E-state index in [-0.39, 0.29) is 28.8 Å². The lowest BCUT2D eigenvalue weighted by molar-refractivity contribution is -0.131. The van der Waals surface area contributed by atoms with E-state index in [2.05, 4.69) is 15.6 Å². The number of anilines is 2. The number of rotatable bonds is 4. The Morgan fingerprint density at radius 3 is 2.43 bits per heavy atom. The highest BCUT2D eigenvalue weighted by atomic mass is 32.2. The highest BCUT2D eigenvalue weighted by molar-refractivity contribution is 7.92. The van der Waals surface area contributed by atoms with Gasteiger partial charge in [0.25, 0.3) is 5.56 Å². The molecular weight excluding hydrogens is 552 g/mol. The van der Waals surface area contributed by atoms with Crippen LogP contribution in [0.4, 0.5) is 11.4 Å². The Bertz CT molecular complexity index is 1810. The number of nitrogens with zero attached hydrogens (tertiary/aromatic N) is 1. The summed E-state index contributed by atoms with van der Waals surface area (Å²) in [4.78, 5) is 43.4. The molecule has 3 heterocycles. The second kappa shape index (κ2) is 11.8. The van der Waals surface area contributed by atoms with Crippen LogP contribution in [-0.2, 0) is 32.4 Å². The molecule has 0 saturated heterocycles. The minimum absolute atomic E-state index is 0.00250. The first-order valence-electron chi connectivity index (χ1n) is 13.9. The van der Waals surface area contributed by atoms with Gasteiger partial charge in [-0.15, -0.1) is 0 Å². The van der Waals surface area contributed by atoms with Crippen LogP contribution in [0.1, 0.15) is 49.4 Å². The quantitative estimate of drug-likeness (QED) is 0.315. The smallest absolute Gasteiger partial charge is 0.255 e. The van der Waals surface area contributed by atoms with Crippen LogP contribution >= 0.6 is 0 Å². The number of pyridine rings is 1. The molecular formula is C32H34N4O5S. The minimum atomic E-state index is -3.67. The van der Waals surface area contributed by atoms with E-state index in [0.717, 1.165) is 10.9 Å². The lowest BCUT2D eigenvalue weighted by Crippen LogP contribution is -2.35. The van der Waals surface area contributed by atoms with Gasteiger partial charge in [-0.3, -0.25) is 14.4 Å². The first-order chi connectivity index (χ1) is 20.0. The summed E-state index contributed by atoms with van der Waals surface area (Å²) in [5, 5.41) is 6.80. The van der Waals surface area contributed by atoms with Crippen molar-refractivity contribution >= 4 is 43.8 Å². The number of amides is 2. The van der Waals surface area contributed by atoms with Gasteiger partial charge in [-0.2, -0.15) is 0 Å². The Balaban J connectivity index is 1.57. The third-order valence-electron chi connectivity index (χ3n) is 7.57. The predicted molar refractivity (Wildman–Crippen MR) is 164 cm³/mol. The largest absolute Gasteiger partial charge is 0.370 e. The first-order valence-corrected chi connectivity index (χ1v) is 15.5.